The predicted molar refractivity (Wildman–Crippen MR) is 94.1 cm³/mol. The number of hydrogen-bond donors (Lipinski definition) is 2. The van der Waals surface area contributed by atoms with E-state index in [0.717, 1.165) is 28.6 Å². The van der Waals surface area contributed by atoms with E-state index in [1.807, 2.05) is 42.5 Å². The van der Waals surface area contributed by atoms with Crippen molar-refractivity contribution < 1.29 is 4.79 Å². The molecule has 0 bridgehead atoms. The van der Waals surface area contributed by atoms with Crippen LogP contribution in [0.15, 0.2) is 65.1 Å². The quantitative estimate of drug-likeness (QED) is 0.745. The number of rotatable bonds is 6. The molecule has 0 saturated heterocycles. The number of nitrogens with one attached hydrogen (secondary N) is 2. The van der Waals surface area contributed by atoms with Crippen molar-refractivity contribution in [3.8, 4) is 0 Å². The molecule has 22 heavy (non-hydrogen) atoms. The molecule has 0 radical (unpaired) electrons. The first-order valence-corrected chi connectivity index (χ1v) is 8.07. The van der Waals surface area contributed by atoms with Crippen LogP contribution in [0.4, 0.5) is 0 Å². The first-order valence-electron chi connectivity index (χ1n) is 7.28. The minimum atomic E-state index is -0.161. The molecule has 2 N–H and O–H groups in total. The minimum Gasteiger partial charge on any atom is -0.298 e. The van der Waals surface area contributed by atoms with Crippen molar-refractivity contribution in [2.75, 3.05) is 0 Å². The minimum absolute atomic E-state index is 0.161. The van der Waals surface area contributed by atoms with Crippen molar-refractivity contribution in [3.63, 3.8) is 0 Å². The van der Waals surface area contributed by atoms with Crippen LogP contribution >= 0.6 is 15.9 Å². The highest BCUT2D eigenvalue weighted by Crippen LogP contribution is 2.13. The smallest absolute Gasteiger partial charge is 0.269 e. The molecule has 0 aromatic heterocycles. The molecule has 0 unspecified atom stereocenters. The van der Waals surface area contributed by atoms with Gasteiger partial charge in [0.1, 0.15) is 0 Å². The molecule has 2 aromatic carbocycles. The van der Waals surface area contributed by atoms with Crippen LogP contribution in [-0.4, -0.2) is 5.91 Å². The van der Waals surface area contributed by atoms with E-state index in [1.165, 1.54) is 0 Å². The molecule has 1 amide bonds. The predicted octanol–water partition coefficient (Wildman–Crippen LogP) is 4.52. The number of benzene rings is 2. The van der Waals surface area contributed by atoms with Gasteiger partial charge in [-0.3, -0.25) is 15.6 Å². The molecule has 3 nitrogen and oxygen atoms in total. The average Bonchev–Trinajstić information content (AvgIpc) is 2.56. The summed E-state index contributed by atoms with van der Waals surface area (Å²) in [7, 11) is 0. The number of halogens is 1. The fourth-order valence-electron chi connectivity index (χ4n) is 1.94. The fraction of sp³-hybridized carbons (Fsp3) is 0.167. The third kappa shape index (κ3) is 4.74. The zero-order valence-corrected chi connectivity index (χ0v) is 14.1. The molecular formula is C18H19BrN2O. The molecule has 2 rings (SSSR count). The van der Waals surface area contributed by atoms with Crippen LogP contribution in [0.2, 0.25) is 0 Å². The van der Waals surface area contributed by atoms with Gasteiger partial charge in [0.25, 0.3) is 5.91 Å². The van der Waals surface area contributed by atoms with Crippen molar-refractivity contribution in [2.24, 2.45) is 0 Å². The summed E-state index contributed by atoms with van der Waals surface area (Å²) in [5, 5.41) is 0. The summed E-state index contributed by atoms with van der Waals surface area (Å²) >= 11 is 3.36. The zero-order chi connectivity index (χ0) is 15.8. The summed E-state index contributed by atoms with van der Waals surface area (Å²) in [5.41, 5.74) is 8.36. The van der Waals surface area contributed by atoms with Gasteiger partial charge in [0, 0.05) is 10.0 Å². The Labute approximate surface area is 139 Å². The Kier molecular flexibility index (Phi) is 6.22. The summed E-state index contributed by atoms with van der Waals surface area (Å²) in [6.45, 7) is 2.12. The molecule has 4 heteroatoms. The summed E-state index contributed by atoms with van der Waals surface area (Å²) in [6.07, 6.45) is 4.10. The van der Waals surface area contributed by atoms with E-state index in [-0.39, 0.29) is 5.91 Å². The van der Waals surface area contributed by atoms with Crippen LogP contribution in [0.5, 0.6) is 0 Å². The summed E-state index contributed by atoms with van der Waals surface area (Å²) in [4.78, 5) is 12.1. The standard InChI is InChI=1S/C18H19BrN2O/c1-2-3-9-17(14-7-5-4-6-8-14)20-21-18(22)15-10-12-16(19)13-11-15/h4-13,20H,2-3H2,1H3,(H,21,22)/b17-9-. The first kappa shape index (κ1) is 16.3. The second kappa shape index (κ2) is 8.39. The normalized spacial score (nSPS) is 11.1. The SMILES string of the molecule is CCC/C=C(\NNC(=O)c1ccc(Br)cc1)c1ccccc1. The second-order valence-electron chi connectivity index (χ2n) is 4.86. The van der Waals surface area contributed by atoms with Crippen LogP contribution in [0.1, 0.15) is 35.7 Å². The Hall–Kier alpha value is -2.07. The van der Waals surface area contributed by atoms with Gasteiger partial charge in [-0.05, 0) is 36.2 Å². The van der Waals surface area contributed by atoms with Crippen LogP contribution in [0, 0.1) is 0 Å². The van der Waals surface area contributed by atoms with Gasteiger partial charge >= 0.3 is 0 Å². The molecule has 0 heterocycles. The van der Waals surface area contributed by atoms with Crippen LogP contribution < -0.4 is 10.9 Å². The molecule has 0 saturated carbocycles. The fourth-order valence-corrected chi connectivity index (χ4v) is 2.21. The van der Waals surface area contributed by atoms with Crippen LogP contribution in [-0.2, 0) is 0 Å². The zero-order valence-electron chi connectivity index (χ0n) is 12.5. The van der Waals surface area contributed by atoms with Crippen molar-refractivity contribution in [2.45, 2.75) is 19.8 Å². The van der Waals surface area contributed by atoms with Gasteiger partial charge in [0.05, 0.1) is 5.70 Å². The van der Waals surface area contributed by atoms with Gasteiger partial charge < -0.3 is 0 Å². The molecule has 0 aliphatic rings. The van der Waals surface area contributed by atoms with Gasteiger partial charge in [-0.1, -0.05) is 65.7 Å². The van der Waals surface area contributed by atoms with Gasteiger partial charge in [0.15, 0.2) is 0 Å². The maximum atomic E-state index is 12.1. The third-order valence-corrected chi connectivity index (χ3v) is 3.67. The lowest BCUT2D eigenvalue weighted by molar-refractivity contribution is 0.0942. The number of carbonyl (C=O) groups excluding carboxylic acids is 1. The average molecular weight is 359 g/mol. The number of hydrogen-bond acceptors (Lipinski definition) is 2. The lowest BCUT2D eigenvalue weighted by atomic mass is 10.1. The lowest BCUT2D eigenvalue weighted by Crippen LogP contribution is -2.36. The van der Waals surface area contributed by atoms with E-state index < -0.39 is 0 Å². The molecule has 0 aliphatic heterocycles. The van der Waals surface area contributed by atoms with E-state index in [1.54, 1.807) is 12.1 Å². The highest BCUT2D eigenvalue weighted by Gasteiger charge is 2.06. The Bertz CT molecular complexity index is 636. The Morgan fingerprint density at radius 2 is 1.68 bits per heavy atom. The highest BCUT2D eigenvalue weighted by atomic mass is 79.9. The first-order chi connectivity index (χ1) is 10.7. The monoisotopic (exact) mass is 358 g/mol. The van der Waals surface area contributed by atoms with Gasteiger partial charge in [-0.25, -0.2) is 0 Å². The number of hydrazine groups is 1. The molecule has 0 spiro atoms. The van der Waals surface area contributed by atoms with E-state index in [4.69, 9.17) is 0 Å². The molecule has 0 aliphatic carbocycles. The van der Waals surface area contributed by atoms with Crippen molar-refractivity contribution in [1.29, 1.82) is 0 Å². The number of allylic oxidation sites excluding steroid dienone is 1. The Morgan fingerprint density at radius 1 is 1.00 bits per heavy atom. The largest absolute Gasteiger partial charge is 0.298 e. The second-order valence-corrected chi connectivity index (χ2v) is 5.77. The van der Waals surface area contributed by atoms with Crippen molar-refractivity contribution >= 4 is 27.5 Å². The van der Waals surface area contributed by atoms with Gasteiger partial charge in [-0.15, -0.1) is 0 Å². The van der Waals surface area contributed by atoms with E-state index in [0.29, 0.717) is 5.56 Å². The maximum Gasteiger partial charge on any atom is 0.269 e. The van der Waals surface area contributed by atoms with E-state index in [9.17, 15) is 4.79 Å². The Morgan fingerprint density at radius 3 is 2.32 bits per heavy atom. The number of unbranched alkanes of at least 4 members (excludes halogenated alkanes) is 1. The molecule has 0 atom stereocenters. The van der Waals surface area contributed by atoms with Crippen molar-refractivity contribution in [1.82, 2.24) is 10.9 Å². The molecule has 2 aromatic rings. The highest BCUT2D eigenvalue weighted by molar-refractivity contribution is 9.10. The third-order valence-electron chi connectivity index (χ3n) is 3.14. The topological polar surface area (TPSA) is 41.1 Å². The van der Waals surface area contributed by atoms with Crippen molar-refractivity contribution in [3.05, 3.63) is 76.3 Å². The van der Waals surface area contributed by atoms with Gasteiger partial charge in [0.2, 0.25) is 0 Å². The Balaban J connectivity index is 2.05. The molecule has 114 valence electrons. The number of carbonyl (C=O) groups is 1. The number of amides is 1. The maximum absolute atomic E-state index is 12.1. The van der Waals surface area contributed by atoms with Crippen LogP contribution in [0.25, 0.3) is 5.70 Å². The van der Waals surface area contributed by atoms with E-state index >= 15 is 0 Å². The lowest BCUT2D eigenvalue weighted by Gasteiger charge is -2.13. The van der Waals surface area contributed by atoms with Crippen LogP contribution in [0.3, 0.4) is 0 Å². The van der Waals surface area contributed by atoms with E-state index in [2.05, 4.69) is 39.8 Å². The summed E-state index contributed by atoms with van der Waals surface area (Å²) in [6, 6.07) is 17.2. The molecule has 0 fully saturated rings. The van der Waals surface area contributed by atoms with Gasteiger partial charge in [-0.2, -0.15) is 0 Å². The molecular weight excluding hydrogens is 340 g/mol. The summed E-state index contributed by atoms with van der Waals surface area (Å²) < 4.78 is 0.949. The summed E-state index contributed by atoms with van der Waals surface area (Å²) in [5.74, 6) is -0.161.